The summed E-state index contributed by atoms with van der Waals surface area (Å²) < 4.78 is 0. The molecule has 4 nitrogen and oxygen atoms in total. The number of hydrogen-bond acceptors (Lipinski definition) is 3. The van der Waals surface area contributed by atoms with E-state index in [0.29, 0.717) is 18.7 Å². The van der Waals surface area contributed by atoms with Gasteiger partial charge in [0.25, 0.3) is 11.8 Å². The fraction of sp³-hybridized carbons (Fsp3) is 0.217. The van der Waals surface area contributed by atoms with Gasteiger partial charge in [-0.05, 0) is 47.5 Å². The van der Waals surface area contributed by atoms with Gasteiger partial charge in [0.05, 0.1) is 4.88 Å². The zero-order valence-corrected chi connectivity index (χ0v) is 16.3. The second kappa shape index (κ2) is 8.40. The van der Waals surface area contributed by atoms with Crippen molar-refractivity contribution < 1.29 is 9.59 Å². The van der Waals surface area contributed by atoms with Gasteiger partial charge >= 0.3 is 0 Å². The average molecular weight is 391 g/mol. The largest absolute Gasteiger partial charge is 0.349 e. The number of benzene rings is 2. The van der Waals surface area contributed by atoms with Crippen molar-refractivity contribution in [2.75, 3.05) is 13.1 Å². The molecule has 0 unspecified atom stereocenters. The average Bonchev–Trinajstić information content (AvgIpc) is 3.29. The minimum atomic E-state index is -0.0531. The molecule has 2 heterocycles. The van der Waals surface area contributed by atoms with Crippen LogP contribution in [-0.4, -0.2) is 35.8 Å². The van der Waals surface area contributed by atoms with Crippen molar-refractivity contribution >= 4 is 23.2 Å². The number of thiophene rings is 1. The second-order valence-electron chi connectivity index (χ2n) is 6.96. The van der Waals surface area contributed by atoms with Gasteiger partial charge in [-0.2, -0.15) is 0 Å². The summed E-state index contributed by atoms with van der Waals surface area (Å²) in [5.74, 6) is 0.0407. The topological polar surface area (TPSA) is 49.4 Å². The number of nitrogens with one attached hydrogen (secondary N) is 1. The number of rotatable bonds is 4. The van der Waals surface area contributed by atoms with Gasteiger partial charge in [0.2, 0.25) is 0 Å². The molecular weight excluding hydrogens is 368 g/mol. The lowest BCUT2D eigenvalue weighted by Crippen LogP contribution is -2.46. The number of amides is 2. The molecule has 2 amide bonds. The van der Waals surface area contributed by atoms with Crippen LogP contribution in [-0.2, 0) is 0 Å². The van der Waals surface area contributed by atoms with Crippen molar-refractivity contribution in [3.05, 3.63) is 82.6 Å². The maximum atomic E-state index is 12.6. The smallest absolute Gasteiger partial charge is 0.263 e. The van der Waals surface area contributed by atoms with E-state index in [2.05, 4.69) is 17.4 Å². The molecule has 1 N–H and O–H groups in total. The Bertz CT molecular complexity index is 929. The maximum Gasteiger partial charge on any atom is 0.263 e. The van der Waals surface area contributed by atoms with Gasteiger partial charge in [0.15, 0.2) is 0 Å². The summed E-state index contributed by atoms with van der Waals surface area (Å²) in [5.41, 5.74) is 2.89. The molecule has 1 fully saturated rings. The third kappa shape index (κ3) is 4.15. The number of hydrogen-bond donors (Lipinski definition) is 1. The predicted octanol–water partition coefficient (Wildman–Crippen LogP) is 4.45. The first kappa shape index (κ1) is 18.4. The molecule has 0 radical (unpaired) electrons. The van der Waals surface area contributed by atoms with E-state index in [1.54, 1.807) is 0 Å². The van der Waals surface area contributed by atoms with Crippen molar-refractivity contribution in [2.24, 2.45) is 0 Å². The van der Waals surface area contributed by atoms with Crippen molar-refractivity contribution in [3.63, 3.8) is 0 Å². The lowest BCUT2D eigenvalue weighted by atomic mass is 10.0. The van der Waals surface area contributed by atoms with E-state index in [9.17, 15) is 9.59 Å². The van der Waals surface area contributed by atoms with Crippen LogP contribution in [0.1, 0.15) is 32.9 Å². The number of likely N-dealkylation sites (tertiary alicyclic amines) is 1. The Kier molecular flexibility index (Phi) is 5.53. The van der Waals surface area contributed by atoms with Crippen LogP contribution in [0.5, 0.6) is 0 Å². The normalized spacial score (nSPS) is 14.6. The number of carbonyl (C=O) groups excluding carboxylic acids is 2. The van der Waals surface area contributed by atoms with Crippen molar-refractivity contribution in [1.82, 2.24) is 10.2 Å². The van der Waals surface area contributed by atoms with Crippen LogP contribution in [0.25, 0.3) is 11.1 Å². The standard InChI is InChI=1S/C23H22N2O2S/c26-22(19-10-8-18(9-11-19)17-5-2-1-3-6-17)24-20-12-14-25(15-13-20)23(27)21-7-4-16-28-21/h1-11,16,20H,12-15H2,(H,24,26). The molecule has 4 rings (SSSR count). The van der Waals surface area contributed by atoms with Crippen LogP contribution in [0.3, 0.4) is 0 Å². The third-order valence-corrected chi connectivity index (χ3v) is 5.96. The molecule has 5 heteroatoms. The minimum Gasteiger partial charge on any atom is -0.349 e. The molecule has 0 atom stereocenters. The van der Waals surface area contributed by atoms with Crippen molar-refractivity contribution in [1.29, 1.82) is 0 Å². The summed E-state index contributed by atoms with van der Waals surface area (Å²) >= 11 is 1.47. The monoisotopic (exact) mass is 390 g/mol. The van der Waals surface area contributed by atoms with Gasteiger partial charge in [-0.25, -0.2) is 0 Å². The SMILES string of the molecule is O=C(NC1CCN(C(=O)c2cccs2)CC1)c1ccc(-c2ccccc2)cc1. The lowest BCUT2D eigenvalue weighted by Gasteiger charge is -2.32. The summed E-state index contributed by atoms with van der Waals surface area (Å²) in [5, 5.41) is 5.03. The highest BCUT2D eigenvalue weighted by Gasteiger charge is 2.25. The summed E-state index contributed by atoms with van der Waals surface area (Å²) in [6.07, 6.45) is 1.57. The number of carbonyl (C=O) groups is 2. The Morgan fingerprint density at radius 1 is 0.857 bits per heavy atom. The first-order chi connectivity index (χ1) is 13.7. The first-order valence-corrected chi connectivity index (χ1v) is 10.4. The summed E-state index contributed by atoms with van der Waals surface area (Å²) in [4.78, 5) is 27.6. The molecule has 1 aliphatic heterocycles. The van der Waals surface area contributed by atoms with E-state index in [0.717, 1.165) is 28.8 Å². The molecule has 1 aromatic heterocycles. The zero-order chi connectivity index (χ0) is 19.3. The van der Waals surface area contributed by atoms with Gasteiger partial charge in [0.1, 0.15) is 0 Å². The molecule has 1 aliphatic rings. The van der Waals surface area contributed by atoms with Gasteiger partial charge in [-0.15, -0.1) is 11.3 Å². The molecule has 142 valence electrons. The van der Waals surface area contributed by atoms with Crippen molar-refractivity contribution in [2.45, 2.75) is 18.9 Å². The Hall–Kier alpha value is -2.92. The van der Waals surface area contributed by atoms with Crippen LogP contribution < -0.4 is 5.32 Å². The van der Waals surface area contributed by atoms with Gasteiger partial charge in [-0.3, -0.25) is 9.59 Å². The molecule has 0 aliphatic carbocycles. The fourth-order valence-electron chi connectivity index (χ4n) is 3.50. The summed E-state index contributed by atoms with van der Waals surface area (Å²) in [6.45, 7) is 1.35. The summed E-state index contributed by atoms with van der Waals surface area (Å²) in [7, 11) is 0. The number of piperidine rings is 1. The Morgan fingerprint density at radius 3 is 2.18 bits per heavy atom. The van der Waals surface area contributed by atoms with Gasteiger partial charge in [0, 0.05) is 24.7 Å². The third-order valence-electron chi connectivity index (χ3n) is 5.10. The molecular formula is C23H22N2O2S. The highest BCUT2D eigenvalue weighted by Crippen LogP contribution is 2.20. The molecule has 28 heavy (non-hydrogen) atoms. The fourth-order valence-corrected chi connectivity index (χ4v) is 4.19. The molecule has 3 aromatic rings. The molecule has 1 saturated heterocycles. The van der Waals surface area contributed by atoms with E-state index in [-0.39, 0.29) is 17.9 Å². The zero-order valence-electron chi connectivity index (χ0n) is 15.5. The summed E-state index contributed by atoms with van der Waals surface area (Å²) in [6, 6.07) is 21.7. The lowest BCUT2D eigenvalue weighted by molar-refractivity contribution is 0.0703. The van der Waals surface area contributed by atoms with E-state index in [1.807, 2.05) is 64.9 Å². The molecule has 0 saturated carbocycles. The van der Waals surface area contributed by atoms with E-state index >= 15 is 0 Å². The highest BCUT2D eigenvalue weighted by atomic mass is 32.1. The molecule has 0 spiro atoms. The number of nitrogens with zero attached hydrogens (tertiary/aromatic N) is 1. The van der Waals surface area contributed by atoms with Crippen LogP contribution >= 0.6 is 11.3 Å². The Balaban J connectivity index is 1.31. The van der Waals surface area contributed by atoms with Crippen LogP contribution in [0.2, 0.25) is 0 Å². The van der Waals surface area contributed by atoms with E-state index < -0.39 is 0 Å². The van der Waals surface area contributed by atoms with E-state index in [4.69, 9.17) is 0 Å². The Morgan fingerprint density at radius 2 is 1.54 bits per heavy atom. The first-order valence-electron chi connectivity index (χ1n) is 9.50. The van der Waals surface area contributed by atoms with Crippen LogP contribution in [0.15, 0.2) is 72.1 Å². The van der Waals surface area contributed by atoms with Crippen LogP contribution in [0.4, 0.5) is 0 Å². The highest BCUT2D eigenvalue weighted by molar-refractivity contribution is 7.12. The van der Waals surface area contributed by atoms with Crippen molar-refractivity contribution in [3.8, 4) is 11.1 Å². The minimum absolute atomic E-state index is 0.0531. The van der Waals surface area contributed by atoms with Gasteiger partial charge in [-0.1, -0.05) is 48.5 Å². The Labute approximate surface area is 168 Å². The molecule has 0 bridgehead atoms. The van der Waals surface area contributed by atoms with Crippen LogP contribution in [0, 0.1) is 0 Å². The predicted molar refractivity (Wildman–Crippen MR) is 113 cm³/mol. The van der Waals surface area contributed by atoms with Gasteiger partial charge < -0.3 is 10.2 Å². The van der Waals surface area contributed by atoms with E-state index in [1.165, 1.54) is 11.3 Å². The molecule has 2 aromatic carbocycles. The maximum absolute atomic E-state index is 12.6. The quantitative estimate of drug-likeness (QED) is 0.715. The second-order valence-corrected chi connectivity index (χ2v) is 7.91.